The molecule has 2 aliphatic rings. The van der Waals surface area contributed by atoms with Gasteiger partial charge in [0.2, 0.25) is 0 Å². The molecule has 1 aromatic carbocycles. The number of hydrogen-bond donors (Lipinski definition) is 1. The van der Waals surface area contributed by atoms with Crippen molar-refractivity contribution in [3.8, 4) is 5.75 Å². The first-order chi connectivity index (χ1) is 13.6. The van der Waals surface area contributed by atoms with Gasteiger partial charge >= 0.3 is 5.97 Å². The summed E-state index contributed by atoms with van der Waals surface area (Å²) in [6.07, 6.45) is 1.82. The van der Waals surface area contributed by atoms with Crippen LogP contribution in [0.2, 0.25) is 0 Å². The lowest BCUT2D eigenvalue weighted by atomic mass is 9.81. The Morgan fingerprint density at radius 3 is 2.50 bits per heavy atom. The van der Waals surface area contributed by atoms with Crippen molar-refractivity contribution < 1.29 is 24.2 Å². The molecule has 3 rings (SSSR count). The molecule has 2 atom stereocenters. The lowest BCUT2D eigenvalue weighted by Crippen LogP contribution is -2.46. The Morgan fingerprint density at radius 1 is 1.14 bits per heavy atom. The summed E-state index contributed by atoms with van der Waals surface area (Å²) in [6, 6.07) is 7.15. The van der Waals surface area contributed by atoms with Crippen molar-refractivity contribution >= 4 is 11.9 Å². The number of carbonyl (C=O) groups excluding carboxylic acids is 1. The lowest BCUT2D eigenvalue weighted by molar-refractivity contribution is -0.139. The van der Waals surface area contributed by atoms with Crippen LogP contribution in [0.4, 0.5) is 0 Å². The molecular formula is C21H30N2O5. The van der Waals surface area contributed by atoms with Crippen LogP contribution in [0.15, 0.2) is 24.3 Å². The molecule has 1 aromatic rings. The fraction of sp³-hybridized carbons (Fsp3) is 0.619. The van der Waals surface area contributed by atoms with E-state index in [1.165, 1.54) is 0 Å². The van der Waals surface area contributed by atoms with Crippen LogP contribution in [0, 0.1) is 11.8 Å². The molecule has 2 fully saturated rings. The number of piperidine rings is 1. The van der Waals surface area contributed by atoms with Gasteiger partial charge in [-0.3, -0.25) is 14.5 Å². The Labute approximate surface area is 166 Å². The Kier molecular flexibility index (Phi) is 7.28. The number of likely N-dealkylation sites (tertiary alicyclic amines) is 1. The van der Waals surface area contributed by atoms with Crippen molar-refractivity contribution in [2.45, 2.75) is 19.3 Å². The van der Waals surface area contributed by atoms with Crippen molar-refractivity contribution in [1.29, 1.82) is 0 Å². The summed E-state index contributed by atoms with van der Waals surface area (Å²) in [4.78, 5) is 28.5. The van der Waals surface area contributed by atoms with Crippen LogP contribution in [0.25, 0.3) is 0 Å². The van der Waals surface area contributed by atoms with E-state index in [4.69, 9.17) is 9.47 Å². The van der Waals surface area contributed by atoms with Crippen LogP contribution >= 0.6 is 0 Å². The summed E-state index contributed by atoms with van der Waals surface area (Å²) in [5, 5.41) is 9.28. The molecule has 2 saturated heterocycles. The Morgan fingerprint density at radius 2 is 1.86 bits per heavy atom. The third kappa shape index (κ3) is 5.45. The van der Waals surface area contributed by atoms with Gasteiger partial charge in [-0.05, 0) is 55.5 Å². The summed E-state index contributed by atoms with van der Waals surface area (Å²) in [5.41, 5.74) is 0.643. The molecule has 0 unspecified atom stereocenters. The highest BCUT2D eigenvalue weighted by Gasteiger charge is 2.33. The van der Waals surface area contributed by atoms with Gasteiger partial charge in [-0.15, -0.1) is 0 Å². The molecule has 0 radical (unpaired) electrons. The van der Waals surface area contributed by atoms with E-state index in [9.17, 15) is 14.7 Å². The second-order valence-corrected chi connectivity index (χ2v) is 7.63. The summed E-state index contributed by atoms with van der Waals surface area (Å²) in [7, 11) is 1.60. The molecule has 1 amide bonds. The van der Waals surface area contributed by atoms with Gasteiger partial charge in [0.1, 0.15) is 5.75 Å². The summed E-state index contributed by atoms with van der Waals surface area (Å²) in [5.74, 6) is 0.303. The van der Waals surface area contributed by atoms with Crippen LogP contribution in [0.1, 0.15) is 29.6 Å². The number of methoxy groups -OCH3 is 1. The van der Waals surface area contributed by atoms with Crippen LogP contribution in [-0.2, 0) is 9.53 Å². The summed E-state index contributed by atoms with van der Waals surface area (Å²) in [6.45, 7) is 5.50. The van der Waals surface area contributed by atoms with E-state index >= 15 is 0 Å². The molecule has 0 spiro atoms. The molecule has 1 N–H and O–H groups in total. The highest BCUT2D eigenvalue weighted by atomic mass is 16.5. The number of ether oxygens (including phenoxy) is 2. The highest BCUT2D eigenvalue weighted by Crippen LogP contribution is 2.30. The number of nitrogens with zero attached hydrogens (tertiary/aromatic N) is 2. The zero-order chi connectivity index (χ0) is 19.9. The van der Waals surface area contributed by atoms with Crippen LogP contribution in [-0.4, -0.2) is 79.8 Å². The van der Waals surface area contributed by atoms with Crippen molar-refractivity contribution in [2.24, 2.45) is 11.8 Å². The average molecular weight is 390 g/mol. The maximum Gasteiger partial charge on any atom is 0.303 e. The number of hydrogen-bond acceptors (Lipinski definition) is 5. The van der Waals surface area contributed by atoms with Crippen molar-refractivity contribution in [1.82, 2.24) is 9.80 Å². The van der Waals surface area contributed by atoms with E-state index in [-0.39, 0.29) is 24.2 Å². The number of morpholine rings is 1. The molecule has 0 saturated carbocycles. The predicted molar refractivity (Wildman–Crippen MR) is 105 cm³/mol. The summed E-state index contributed by atoms with van der Waals surface area (Å²) < 4.78 is 10.6. The molecule has 0 aliphatic carbocycles. The summed E-state index contributed by atoms with van der Waals surface area (Å²) >= 11 is 0. The fourth-order valence-electron chi connectivity index (χ4n) is 4.17. The quantitative estimate of drug-likeness (QED) is 0.767. The van der Waals surface area contributed by atoms with Crippen LogP contribution < -0.4 is 4.74 Å². The molecule has 2 heterocycles. The van der Waals surface area contributed by atoms with Gasteiger partial charge in [-0.1, -0.05) is 0 Å². The van der Waals surface area contributed by atoms with E-state index < -0.39 is 5.97 Å². The van der Waals surface area contributed by atoms with Crippen LogP contribution in [0.3, 0.4) is 0 Å². The zero-order valence-electron chi connectivity index (χ0n) is 16.5. The molecule has 154 valence electrons. The lowest BCUT2D eigenvalue weighted by Gasteiger charge is -2.39. The minimum absolute atomic E-state index is 0.00722. The number of aliphatic carboxylic acids is 1. The Balaban J connectivity index is 1.63. The number of carboxylic acids is 1. The second-order valence-electron chi connectivity index (χ2n) is 7.63. The fourth-order valence-corrected chi connectivity index (χ4v) is 4.17. The second kappa shape index (κ2) is 9.89. The first-order valence-corrected chi connectivity index (χ1v) is 10.0. The monoisotopic (exact) mass is 390 g/mol. The van der Waals surface area contributed by atoms with Gasteiger partial charge in [0.05, 0.1) is 20.3 Å². The minimum atomic E-state index is -0.753. The molecular weight excluding hydrogens is 360 g/mol. The van der Waals surface area contributed by atoms with Gasteiger partial charge in [0.25, 0.3) is 5.91 Å². The van der Waals surface area contributed by atoms with E-state index in [0.29, 0.717) is 18.7 Å². The maximum absolute atomic E-state index is 12.9. The first kappa shape index (κ1) is 20.6. The maximum atomic E-state index is 12.9. The first-order valence-electron chi connectivity index (χ1n) is 10.0. The third-order valence-electron chi connectivity index (χ3n) is 5.87. The topological polar surface area (TPSA) is 79.3 Å². The van der Waals surface area contributed by atoms with Crippen molar-refractivity contribution in [3.05, 3.63) is 29.8 Å². The smallest absolute Gasteiger partial charge is 0.303 e. The normalized spacial score (nSPS) is 23.4. The average Bonchev–Trinajstić information content (AvgIpc) is 2.73. The minimum Gasteiger partial charge on any atom is -0.497 e. The highest BCUT2D eigenvalue weighted by molar-refractivity contribution is 5.94. The molecule has 7 nitrogen and oxygen atoms in total. The Hall–Kier alpha value is -2.12. The molecule has 2 aliphatic heterocycles. The van der Waals surface area contributed by atoms with E-state index in [1.54, 1.807) is 31.4 Å². The standard InChI is InChI=1S/C21H30N2O5/c1-27-19-4-2-16(3-5-19)21(26)23-9-7-17(14-20(24)25)18(15-23)6-8-22-10-12-28-13-11-22/h2-5,17-18H,6-15H2,1H3,(H,24,25)/t17-,18-/m0/s1. The number of amides is 1. The predicted octanol–water partition coefficient (Wildman–Crippen LogP) is 1.97. The van der Waals surface area contributed by atoms with E-state index in [0.717, 1.165) is 51.4 Å². The largest absolute Gasteiger partial charge is 0.497 e. The third-order valence-corrected chi connectivity index (χ3v) is 5.87. The van der Waals surface area contributed by atoms with Gasteiger partial charge in [0, 0.05) is 38.2 Å². The van der Waals surface area contributed by atoms with Crippen LogP contribution in [0.5, 0.6) is 5.75 Å². The molecule has 0 bridgehead atoms. The van der Waals surface area contributed by atoms with Gasteiger partial charge in [-0.2, -0.15) is 0 Å². The molecule has 0 aromatic heterocycles. The number of carboxylic acid groups (broad SMARTS) is 1. The number of carbonyl (C=O) groups is 2. The van der Waals surface area contributed by atoms with Crippen molar-refractivity contribution in [3.63, 3.8) is 0 Å². The van der Waals surface area contributed by atoms with E-state index in [1.807, 2.05) is 4.90 Å². The number of rotatable bonds is 7. The number of benzene rings is 1. The SMILES string of the molecule is COc1ccc(C(=O)N2CC[C@@H](CC(=O)O)[C@@H](CCN3CCOCC3)C2)cc1. The Bertz CT molecular complexity index is 657. The van der Waals surface area contributed by atoms with Crippen molar-refractivity contribution in [2.75, 3.05) is 53.0 Å². The zero-order valence-corrected chi connectivity index (χ0v) is 16.5. The van der Waals surface area contributed by atoms with E-state index in [2.05, 4.69) is 4.90 Å². The molecule has 7 heteroatoms. The van der Waals surface area contributed by atoms with Gasteiger partial charge < -0.3 is 19.5 Å². The van der Waals surface area contributed by atoms with Gasteiger partial charge in [0.15, 0.2) is 0 Å². The van der Waals surface area contributed by atoms with Gasteiger partial charge in [-0.25, -0.2) is 0 Å². The molecule has 28 heavy (non-hydrogen) atoms.